The van der Waals surface area contributed by atoms with E-state index in [9.17, 15) is 26.4 Å². The lowest BCUT2D eigenvalue weighted by atomic mass is 10.1. The van der Waals surface area contributed by atoms with E-state index in [2.05, 4.69) is 4.98 Å². The summed E-state index contributed by atoms with van der Waals surface area (Å²) in [5, 5.41) is 9.07. The van der Waals surface area contributed by atoms with Crippen molar-refractivity contribution in [2.45, 2.75) is 30.0 Å². The number of halogens is 3. The summed E-state index contributed by atoms with van der Waals surface area (Å²) in [7, 11) is -0.819. The number of pyridine rings is 1. The molecule has 2 heterocycles. The molecule has 37 heavy (non-hydrogen) atoms. The lowest BCUT2D eigenvalue weighted by Gasteiger charge is -2.35. The highest BCUT2D eigenvalue weighted by Crippen LogP contribution is 2.41. The maximum atomic E-state index is 13.7. The molecule has 0 radical (unpaired) electrons. The topological polar surface area (TPSA) is 100 Å². The first-order valence-electron chi connectivity index (χ1n) is 11.2. The number of rotatable bonds is 7. The SMILES string of the molecule is CN(C)c1cccc(-c2ccc3c(c2)N(S(=O)(=O)c2cccc(C(F)(F)F)c2)C[C@H](CCC(=O)O)O3)n1. The van der Waals surface area contributed by atoms with Crippen LogP contribution in [0.1, 0.15) is 18.4 Å². The van der Waals surface area contributed by atoms with Crippen molar-refractivity contribution in [2.75, 3.05) is 29.8 Å². The number of fused-ring (bicyclic) bond motifs is 1. The van der Waals surface area contributed by atoms with E-state index in [1.54, 1.807) is 30.3 Å². The Labute approximate surface area is 212 Å². The summed E-state index contributed by atoms with van der Waals surface area (Å²) in [6.45, 7) is -0.270. The van der Waals surface area contributed by atoms with E-state index >= 15 is 0 Å². The summed E-state index contributed by atoms with van der Waals surface area (Å²) < 4.78 is 74.1. The highest BCUT2D eigenvalue weighted by molar-refractivity contribution is 7.92. The van der Waals surface area contributed by atoms with Gasteiger partial charge in [-0.2, -0.15) is 13.2 Å². The van der Waals surface area contributed by atoms with Gasteiger partial charge in [0.1, 0.15) is 17.7 Å². The molecule has 0 unspecified atom stereocenters. The number of carboxylic acids is 1. The van der Waals surface area contributed by atoms with Crippen LogP contribution in [-0.2, 0) is 21.0 Å². The van der Waals surface area contributed by atoms with Gasteiger partial charge < -0.3 is 14.7 Å². The third-order valence-corrected chi connectivity index (χ3v) is 7.58. The van der Waals surface area contributed by atoms with Gasteiger partial charge in [-0.25, -0.2) is 13.4 Å². The number of benzene rings is 2. The molecule has 1 aromatic heterocycles. The summed E-state index contributed by atoms with van der Waals surface area (Å²) in [4.78, 5) is 16.9. The second-order valence-electron chi connectivity index (χ2n) is 8.69. The van der Waals surface area contributed by atoms with Crippen LogP contribution in [0.15, 0.2) is 65.6 Å². The smallest absolute Gasteiger partial charge is 0.416 e. The highest BCUT2D eigenvalue weighted by Gasteiger charge is 2.37. The Morgan fingerprint density at radius 3 is 2.54 bits per heavy atom. The van der Waals surface area contributed by atoms with Gasteiger partial charge in [0.25, 0.3) is 10.0 Å². The zero-order chi connectivity index (χ0) is 27.0. The number of sulfonamides is 1. The minimum atomic E-state index is -4.73. The number of ether oxygens (including phenoxy) is 1. The molecule has 0 saturated heterocycles. The second kappa shape index (κ2) is 9.92. The van der Waals surface area contributed by atoms with Gasteiger partial charge in [0.15, 0.2) is 0 Å². The molecule has 1 atom stereocenters. The number of aliphatic carboxylic acids is 1. The van der Waals surface area contributed by atoms with Gasteiger partial charge in [0.2, 0.25) is 0 Å². The minimum Gasteiger partial charge on any atom is -0.486 e. The molecule has 12 heteroatoms. The Balaban J connectivity index is 1.81. The Morgan fingerprint density at radius 2 is 1.86 bits per heavy atom. The molecular formula is C25H24F3N3O5S. The first-order valence-corrected chi connectivity index (χ1v) is 12.7. The van der Waals surface area contributed by atoms with Gasteiger partial charge in [-0.1, -0.05) is 12.1 Å². The molecule has 8 nitrogen and oxygen atoms in total. The van der Waals surface area contributed by atoms with Gasteiger partial charge in [-0.3, -0.25) is 9.10 Å². The summed E-state index contributed by atoms with van der Waals surface area (Å²) in [5.41, 5.74) is 0.152. The van der Waals surface area contributed by atoms with Crippen molar-refractivity contribution >= 4 is 27.5 Å². The van der Waals surface area contributed by atoms with Crippen molar-refractivity contribution in [1.29, 1.82) is 0 Å². The van der Waals surface area contributed by atoms with Crippen molar-refractivity contribution in [2.24, 2.45) is 0 Å². The lowest BCUT2D eigenvalue weighted by molar-refractivity contribution is -0.138. The maximum absolute atomic E-state index is 13.7. The number of aromatic nitrogens is 1. The van der Waals surface area contributed by atoms with E-state index in [1.807, 2.05) is 25.1 Å². The third kappa shape index (κ3) is 5.63. The van der Waals surface area contributed by atoms with Gasteiger partial charge in [0.05, 0.1) is 28.4 Å². The van der Waals surface area contributed by atoms with Gasteiger partial charge >= 0.3 is 12.1 Å². The van der Waals surface area contributed by atoms with Crippen molar-refractivity contribution < 1.29 is 36.2 Å². The summed E-state index contributed by atoms with van der Waals surface area (Å²) in [5.74, 6) is -0.234. The number of carboxylic acid groups (broad SMARTS) is 1. The highest BCUT2D eigenvalue weighted by atomic mass is 32.2. The van der Waals surface area contributed by atoms with Crippen LogP contribution in [0, 0.1) is 0 Å². The number of carbonyl (C=O) groups is 1. The molecule has 0 bridgehead atoms. The predicted molar refractivity (Wildman–Crippen MR) is 131 cm³/mol. The van der Waals surface area contributed by atoms with E-state index in [-0.39, 0.29) is 30.8 Å². The lowest BCUT2D eigenvalue weighted by Crippen LogP contribution is -2.43. The van der Waals surface area contributed by atoms with Gasteiger partial charge in [-0.15, -0.1) is 0 Å². The maximum Gasteiger partial charge on any atom is 0.416 e. The van der Waals surface area contributed by atoms with Crippen LogP contribution in [0.2, 0.25) is 0 Å². The Morgan fingerprint density at radius 1 is 1.14 bits per heavy atom. The average molecular weight is 536 g/mol. The van der Waals surface area contributed by atoms with E-state index in [1.165, 1.54) is 0 Å². The van der Waals surface area contributed by atoms with Crippen LogP contribution in [-0.4, -0.2) is 51.2 Å². The summed E-state index contributed by atoms with van der Waals surface area (Å²) >= 11 is 0. The van der Waals surface area contributed by atoms with Crippen LogP contribution in [0.25, 0.3) is 11.3 Å². The predicted octanol–water partition coefficient (Wildman–Crippen LogP) is 4.65. The van der Waals surface area contributed by atoms with Crippen LogP contribution >= 0.6 is 0 Å². The molecule has 0 saturated carbocycles. The van der Waals surface area contributed by atoms with E-state index in [4.69, 9.17) is 9.84 Å². The molecule has 0 aliphatic carbocycles. The molecule has 1 aliphatic rings. The Bertz CT molecular complexity index is 1430. The van der Waals surface area contributed by atoms with E-state index in [0.717, 1.165) is 22.5 Å². The zero-order valence-electron chi connectivity index (χ0n) is 19.9. The average Bonchev–Trinajstić information content (AvgIpc) is 2.86. The normalized spacial score (nSPS) is 15.6. The summed E-state index contributed by atoms with van der Waals surface area (Å²) in [6, 6.07) is 13.7. The Hall–Kier alpha value is -3.80. The molecule has 0 fully saturated rings. The fraction of sp³-hybridized carbons (Fsp3) is 0.280. The number of hydrogen-bond donors (Lipinski definition) is 1. The van der Waals surface area contributed by atoms with Gasteiger partial charge in [0, 0.05) is 26.1 Å². The number of hydrogen-bond acceptors (Lipinski definition) is 6. The largest absolute Gasteiger partial charge is 0.486 e. The fourth-order valence-electron chi connectivity index (χ4n) is 3.93. The molecule has 196 valence electrons. The standard InChI is InChI=1S/C25H24F3N3O5S/c1-30(2)23-8-4-7-20(29-23)16-9-11-22-21(13-16)31(15-18(36-22)10-12-24(32)33)37(34,35)19-6-3-5-17(14-19)25(26,27)28/h3-9,11,13-14,18H,10,12,15H2,1-2H3,(H,32,33)/t18-/m0/s1. The first kappa shape index (κ1) is 26.3. The molecule has 2 aromatic carbocycles. The molecule has 1 N–H and O–H groups in total. The van der Waals surface area contributed by atoms with E-state index < -0.39 is 38.7 Å². The molecule has 0 amide bonds. The monoisotopic (exact) mass is 535 g/mol. The first-order chi connectivity index (χ1) is 17.4. The molecule has 0 spiro atoms. The van der Waals surface area contributed by atoms with Crippen molar-refractivity contribution in [3.05, 3.63) is 66.2 Å². The number of anilines is 2. The second-order valence-corrected chi connectivity index (χ2v) is 10.6. The van der Waals surface area contributed by atoms with Crippen LogP contribution in [0.5, 0.6) is 5.75 Å². The Kier molecular flexibility index (Phi) is 7.05. The number of alkyl halides is 3. The zero-order valence-corrected chi connectivity index (χ0v) is 20.8. The molecule has 1 aliphatic heterocycles. The molecular weight excluding hydrogens is 511 g/mol. The van der Waals surface area contributed by atoms with Gasteiger partial charge in [-0.05, 0) is 55.0 Å². The third-order valence-electron chi connectivity index (χ3n) is 5.81. The van der Waals surface area contributed by atoms with Crippen LogP contribution < -0.4 is 13.9 Å². The quantitative estimate of drug-likeness (QED) is 0.470. The van der Waals surface area contributed by atoms with E-state index in [0.29, 0.717) is 23.1 Å². The van der Waals surface area contributed by atoms with Crippen LogP contribution in [0.3, 0.4) is 0 Å². The van der Waals surface area contributed by atoms with Crippen molar-refractivity contribution in [3.8, 4) is 17.0 Å². The van der Waals surface area contributed by atoms with Crippen LogP contribution in [0.4, 0.5) is 24.7 Å². The minimum absolute atomic E-state index is 0.0115. The summed E-state index contributed by atoms with van der Waals surface area (Å²) in [6.07, 6.45) is -5.80. The number of nitrogens with zero attached hydrogens (tertiary/aromatic N) is 3. The van der Waals surface area contributed by atoms with Crippen molar-refractivity contribution in [3.63, 3.8) is 0 Å². The molecule has 4 rings (SSSR count). The van der Waals surface area contributed by atoms with Crippen molar-refractivity contribution in [1.82, 2.24) is 4.98 Å². The molecule has 3 aromatic rings. The fourth-order valence-corrected chi connectivity index (χ4v) is 5.47.